The Kier molecular flexibility index (Phi) is 5.28. The molecule has 5 heteroatoms. The Morgan fingerprint density at radius 2 is 1.77 bits per heavy atom. The van der Waals surface area contributed by atoms with Crippen molar-refractivity contribution in [2.75, 3.05) is 5.32 Å². The topological polar surface area (TPSA) is 46.2 Å². The Balaban J connectivity index is 1.89. The number of carbonyl (C=O) groups excluding carboxylic acids is 2. The highest BCUT2D eigenvalue weighted by Gasteiger charge is 2.10. The molecular formula is C17H15ClFNO2. The zero-order valence-electron chi connectivity index (χ0n) is 12.0. The lowest BCUT2D eigenvalue weighted by Crippen LogP contribution is -2.14. The molecule has 3 nitrogen and oxygen atoms in total. The van der Waals surface area contributed by atoms with E-state index in [1.54, 1.807) is 18.2 Å². The lowest BCUT2D eigenvalue weighted by Gasteiger charge is -2.08. The fourth-order valence-electron chi connectivity index (χ4n) is 1.99. The molecule has 0 radical (unpaired) electrons. The average molecular weight is 320 g/mol. The van der Waals surface area contributed by atoms with Gasteiger partial charge in [0.25, 0.3) is 0 Å². The molecule has 0 aliphatic heterocycles. The minimum Gasteiger partial charge on any atom is -0.326 e. The second-order valence-corrected chi connectivity index (χ2v) is 5.37. The van der Waals surface area contributed by atoms with Crippen LogP contribution in [0.2, 0.25) is 5.02 Å². The summed E-state index contributed by atoms with van der Waals surface area (Å²) in [6, 6.07) is 10.4. The standard InChI is InChI=1S/C17H15ClFNO2/c1-11-10-13(18)4-7-15(11)20-17(22)9-8-16(21)12-2-5-14(19)6-3-12/h2-7,10H,8-9H2,1H3,(H,20,22). The van der Waals surface area contributed by atoms with Crippen LogP contribution in [-0.2, 0) is 4.79 Å². The van der Waals surface area contributed by atoms with Crippen LogP contribution in [0.5, 0.6) is 0 Å². The van der Waals surface area contributed by atoms with Crippen LogP contribution in [-0.4, -0.2) is 11.7 Å². The summed E-state index contributed by atoms with van der Waals surface area (Å²) in [4.78, 5) is 23.8. The van der Waals surface area contributed by atoms with Gasteiger partial charge >= 0.3 is 0 Å². The quantitative estimate of drug-likeness (QED) is 0.831. The number of carbonyl (C=O) groups is 2. The summed E-state index contributed by atoms with van der Waals surface area (Å²) in [6.07, 6.45) is 0.141. The minimum atomic E-state index is -0.396. The van der Waals surface area contributed by atoms with Crippen molar-refractivity contribution in [1.29, 1.82) is 0 Å². The lowest BCUT2D eigenvalue weighted by molar-refractivity contribution is -0.116. The van der Waals surface area contributed by atoms with Crippen LogP contribution in [0.25, 0.3) is 0 Å². The monoisotopic (exact) mass is 319 g/mol. The molecule has 0 unspecified atom stereocenters. The smallest absolute Gasteiger partial charge is 0.224 e. The zero-order chi connectivity index (χ0) is 16.1. The molecule has 0 aliphatic carbocycles. The summed E-state index contributed by atoms with van der Waals surface area (Å²) in [5.74, 6) is -0.837. The Hall–Kier alpha value is -2.20. The van der Waals surface area contributed by atoms with E-state index in [0.717, 1.165) is 5.56 Å². The molecule has 2 aromatic carbocycles. The van der Waals surface area contributed by atoms with E-state index in [2.05, 4.69) is 5.32 Å². The number of Topliss-reactive ketones (excluding diaryl/α,β-unsaturated/α-hetero) is 1. The molecular weight excluding hydrogens is 305 g/mol. The molecule has 2 aromatic rings. The molecule has 1 N–H and O–H groups in total. The largest absolute Gasteiger partial charge is 0.326 e. The maximum Gasteiger partial charge on any atom is 0.224 e. The van der Waals surface area contributed by atoms with E-state index in [1.807, 2.05) is 6.92 Å². The van der Waals surface area contributed by atoms with E-state index in [9.17, 15) is 14.0 Å². The van der Waals surface area contributed by atoms with Gasteiger partial charge < -0.3 is 5.32 Å². The predicted octanol–water partition coefficient (Wildman–Crippen LogP) is 4.39. The third kappa shape index (κ3) is 4.40. The zero-order valence-corrected chi connectivity index (χ0v) is 12.8. The van der Waals surface area contributed by atoms with Gasteiger partial charge in [0.15, 0.2) is 5.78 Å². The van der Waals surface area contributed by atoms with Crippen molar-refractivity contribution in [2.24, 2.45) is 0 Å². The third-order valence-electron chi connectivity index (χ3n) is 3.21. The first-order chi connectivity index (χ1) is 10.5. The molecule has 0 fully saturated rings. The summed E-state index contributed by atoms with van der Waals surface area (Å²) < 4.78 is 12.8. The van der Waals surface area contributed by atoms with Crippen LogP contribution < -0.4 is 5.32 Å². The average Bonchev–Trinajstić information content (AvgIpc) is 2.48. The number of ketones is 1. The number of benzene rings is 2. The number of halogens is 2. The van der Waals surface area contributed by atoms with Gasteiger partial charge in [-0.1, -0.05) is 11.6 Å². The maximum absolute atomic E-state index is 12.8. The first-order valence-electron chi connectivity index (χ1n) is 6.80. The molecule has 0 saturated heterocycles. The Morgan fingerprint density at radius 1 is 1.09 bits per heavy atom. The molecule has 2 rings (SSSR count). The SMILES string of the molecule is Cc1cc(Cl)ccc1NC(=O)CCC(=O)c1ccc(F)cc1. The van der Waals surface area contributed by atoms with Crippen molar-refractivity contribution in [1.82, 2.24) is 0 Å². The van der Waals surface area contributed by atoms with Gasteiger partial charge in [0.1, 0.15) is 5.82 Å². The molecule has 22 heavy (non-hydrogen) atoms. The molecule has 0 aliphatic rings. The Morgan fingerprint density at radius 3 is 2.41 bits per heavy atom. The fourth-order valence-corrected chi connectivity index (χ4v) is 2.21. The summed E-state index contributed by atoms with van der Waals surface area (Å²) in [5.41, 5.74) is 1.92. The van der Waals surface area contributed by atoms with Gasteiger partial charge in [-0.3, -0.25) is 9.59 Å². The highest BCUT2D eigenvalue weighted by molar-refractivity contribution is 6.30. The summed E-state index contributed by atoms with van der Waals surface area (Å²) in [6.45, 7) is 1.84. The van der Waals surface area contributed by atoms with Crippen molar-refractivity contribution < 1.29 is 14.0 Å². The number of hydrogen-bond donors (Lipinski definition) is 1. The molecule has 114 valence electrons. The highest BCUT2D eigenvalue weighted by atomic mass is 35.5. The third-order valence-corrected chi connectivity index (χ3v) is 3.44. The minimum absolute atomic E-state index is 0.0677. The number of rotatable bonds is 5. The van der Waals surface area contributed by atoms with Gasteiger partial charge in [-0.25, -0.2) is 4.39 Å². The predicted molar refractivity (Wildman–Crippen MR) is 84.8 cm³/mol. The highest BCUT2D eigenvalue weighted by Crippen LogP contribution is 2.20. The van der Waals surface area contributed by atoms with Gasteiger partial charge in [0.05, 0.1) is 0 Å². The Bertz CT molecular complexity index is 698. The van der Waals surface area contributed by atoms with Crippen molar-refractivity contribution in [3.8, 4) is 0 Å². The molecule has 1 amide bonds. The van der Waals surface area contributed by atoms with E-state index in [1.165, 1.54) is 24.3 Å². The van der Waals surface area contributed by atoms with Crippen LogP contribution in [0.1, 0.15) is 28.8 Å². The second kappa shape index (κ2) is 7.18. The van der Waals surface area contributed by atoms with E-state index < -0.39 is 5.82 Å². The molecule has 0 atom stereocenters. The van der Waals surface area contributed by atoms with Crippen molar-refractivity contribution >= 4 is 29.0 Å². The number of hydrogen-bond acceptors (Lipinski definition) is 2. The second-order valence-electron chi connectivity index (χ2n) is 4.94. The summed E-state index contributed by atoms with van der Waals surface area (Å²) in [7, 11) is 0. The molecule has 0 aromatic heterocycles. The van der Waals surface area contributed by atoms with Crippen LogP contribution in [0.15, 0.2) is 42.5 Å². The molecule has 0 saturated carbocycles. The number of aryl methyl sites for hydroxylation is 1. The van der Waals surface area contributed by atoms with Gasteiger partial charge in [0, 0.05) is 29.1 Å². The van der Waals surface area contributed by atoms with Crippen molar-refractivity contribution in [3.63, 3.8) is 0 Å². The maximum atomic E-state index is 12.8. The van der Waals surface area contributed by atoms with Gasteiger partial charge in [0.2, 0.25) is 5.91 Å². The number of anilines is 1. The van der Waals surface area contributed by atoms with Crippen molar-refractivity contribution in [2.45, 2.75) is 19.8 Å². The van der Waals surface area contributed by atoms with Gasteiger partial charge in [-0.2, -0.15) is 0 Å². The molecule has 0 heterocycles. The summed E-state index contributed by atoms with van der Waals surface area (Å²) in [5, 5.41) is 3.34. The van der Waals surface area contributed by atoms with Crippen LogP contribution in [0.3, 0.4) is 0 Å². The molecule has 0 bridgehead atoms. The van der Waals surface area contributed by atoms with Crippen LogP contribution in [0.4, 0.5) is 10.1 Å². The fraction of sp³-hybridized carbons (Fsp3) is 0.176. The van der Waals surface area contributed by atoms with Gasteiger partial charge in [-0.05, 0) is 55.0 Å². The van der Waals surface area contributed by atoms with E-state index >= 15 is 0 Å². The molecule has 0 spiro atoms. The number of nitrogens with one attached hydrogen (secondary N) is 1. The van der Waals surface area contributed by atoms with E-state index in [-0.39, 0.29) is 24.5 Å². The number of amides is 1. The van der Waals surface area contributed by atoms with E-state index in [4.69, 9.17) is 11.6 Å². The van der Waals surface area contributed by atoms with Crippen LogP contribution >= 0.6 is 11.6 Å². The van der Waals surface area contributed by atoms with Gasteiger partial charge in [-0.15, -0.1) is 0 Å². The summed E-state index contributed by atoms with van der Waals surface area (Å²) >= 11 is 5.85. The Labute approximate surface area is 133 Å². The van der Waals surface area contributed by atoms with Crippen LogP contribution in [0, 0.1) is 12.7 Å². The van der Waals surface area contributed by atoms with E-state index in [0.29, 0.717) is 16.3 Å². The van der Waals surface area contributed by atoms with Crippen molar-refractivity contribution in [3.05, 3.63) is 64.4 Å². The normalized spacial score (nSPS) is 10.3. The first-order valence-corrected chi connectivity index (χ1v) is 7.18. The first kappa shape index (κ1) is 16.2. The lowest BCUT2D eigenvalue weighted by atomic mass is 10.1.